The lowest BCUT2D eigenvalue weighted by atomic mass is 9.55. The Hall–Kier alpha value is -3.92. The summed E-state index contributed by atoms with van der Waals surface area (Å²) in [6, 6.07) is 14.9. The first kappa shape index (κ1) is 34.0. The van der Waals surface area contributed by atoms with Gasteiger partial charge in [0.25, 0.3) is 5.91 Å². The number of ketones is 1. The molecular formula is C35H48N4O6. The lowest BCUT2D eigenvalue weighted by Crippen LogP contribution is -2.68. The minimum atomic E-state index is -0.894. The van der Waals surface area contributed by atoms with Crippen LogP contribution in [0.15, 0.2) is 48.5 Å². The predicted molar refractivity (Wildman–Crippen MR) is 172 cm³/mol. The number of benzene rings is 2. The third kappa shape index (κ3) is 7.66. The number of rotatable bonds is 13. The molecule has 0 bridgehead atoms. The Morgan fingerprint density at radius 3 is 2.18 bits per heavy atom. The van der Waals surface area contributed by atoms with Gasteiger partial charge in [-0.1, -0.05) is 57.0 Å². The van der Waals surface area contributed by atoms with Gasteiger partial charge in [0.1, 0.15) is 24.4 Å². The van der Waals surface area contributed by atoms with E-state index in [1.54, 1.807) is 24.3 Å². The molecule has 2 fully saturated rings. The smallest absolute Gasteiger partial charge is 0.406 e. The highest BCUT2D eigenvalue weighted by Gasteiger charge is 2.64. The molecule has 2 N–H and O–H groups in total. The molecule has 4 rings (SSSR count). The standard InChI is InChI=1S/C35H48N4O6/c1-6-9-28(25-12-10-24(4)11-13-25)37-32(41)29-30(40)35(7-2,8-3)31(29)45-27-16-14-26(15-17-27)33(42)39-20-18-38(19-21-39)22-23-44-34(43)36-5/h10-17,28-29,31H,6-9,18-23H2,1-5H3,(H,36,43)(H,37,41)/t28?,29?,31-/m1/s1. The first-order valence-electron chi connectivity index (χ1n) is 16.2. The predicted octanol–water partition coefficient (Wildman–Crippen LogP) is 4.52. The Bertz CT molecular complexity index is 1320. The topological polar surface area (TPSA) is 117 Å². The molecule has 10 nitrogen and oxygen atoms in total. The monoisotopic (exact) mass is 620 g/mol. The van der Waals surface area contributed by atoms with E-state index in [0.717, 1.165) is 24.0 Å². The van der Waals surface area contributed by atoms with Crippen molar-refractivity contribution in [3.8, 4) is 5.75 Å². The molecule has 1 saturated heterocycles. The van der Waals surface area contributed by atoms with Crippen molar-refractivity contribution < 1.29 is 28.7 Å². The lowest BCUT2D eigenvalue weighted by Gasteiger charge is -2.51. The summed E-state index contributed by atoms with van der Waals surface area (Å²) in [5.41, 5.74) is 1.99. The molecule has 45 heavy (non-hydrogen) atoms. The summed E-state index contributed by atoms with van der Waals surface area (Å²) in [4.78, 5) is 55.6. The zero-order valence-corrected chi connectivity index (χ0v) is 27.3. The molecule has 244 valence electrons. The van der Waals surface area contributed by atoms with Crippen molar-refractivity contribution in [2.45, 2.75) is 65.5 Å². The van der Waals surface area contributed by atoms with Crippen LogP contribution in [0, 0.1) is 18.3 Å². The summed E-state index contributed by atoms with van der Waals surface area (Å²) in [5.74, 6) is -0.798. The Morgan fingerprint density at radius 1 is 0.956 bits per heavy atom. The number of amides is 3. The summed E-state index contributed by atoms with van der Waals surface area (Å²) < 4.78 is 11.5. The van der Waals surface area contributed by atoms with E-state index in [0.29, 0.717) is 63.5 Å². The normalized spacial score (nSPS) is 20.1. The molecular weight excluding hydrogens is 572 g/mol. The fourth-order valence-electron chi connectivity index (χ4n) is 6.44. The third-order valence-electron chi connectivity index (χ3n) is 9.41. The van der Waals surface area contributed by atoms with Crippen LogP contribution in [0.2, 0.25) is 0 Å². The second-order valence-corrected chi connectivity index (χ2v) is 12.0. The molecule has 1 aliphatic carbocycles. The lowest BCUT2D eigenvalue weighted by molar-refractivity contribution is -0.173. The van der Waals surface area contributed by atoms with Gasteiger partial charge in [0, 0.05) is 45.3 Å². The van der Waals surface area contributed by atoms with Gasteiger partial charge >= 0.3 is 6.09 Å². The number of piperazine rings is 1. The van der Waals surface area contributed by atoms with E-state index in [1.165, 1.54) is 7.05 Å². The van der Waals surface area contributed by atoms with Gasteiger partial charge < -0.3 is 25.0 Å². The second-order valence-electron chi connectivity index (χ2n) is 12.0. The van der Waals surface area contributed by atoms with Crippen molar-refractivity contribution in [3.63, 3.8) is 0 Å². The van der Waals surface area contributed by atoms with Gasteiger partial charge in [0.15, 0.2) is 5.78 Å². The summed E-state index contributed by atoms with van der Waals surface area (Å²) in [7, 11) is 1.52. The van der Waals surface area contributed by atoms with Gasteiger partial charge in [-0.2, -0.15) is 0 Å². The highest BCUT2D eigenvalue weighted by Crippen LogP contribution is 2.50. The average molecular weight is 621 g/mol. The van der Waals surface area contributed by atoms with Crippen LogP contribution in [-0.2, 0) is 14.3 Å². The molecule has 1 aliphatic heterocycles. The molecule has 1 saturated carbocycles. The highest BCUT2D eigenvalue weighted by atomic mass is 16.5. The summed E-state index contributed by atoms with van der Waals surface area (Å²) >= 11 is 0. The van der Waals surface area contributed by atoms with Crippen molar-refractivity contribution in [1.82, 2.24) is 20.4 Å². The van der Waals surface area contributed by atoms with E-state index < -0.39 is 23.5 Å². The number of ether oxygens (including phenoxy) is 2. The molecule has 2 aliphatic rings. The second kappa shape index (κ2) is 15.4. The van der Waals surface area contributed by atoms with Gasteiger partial charge in [0.05, 0.1) is 11.5 Å². The SMILES string of the molecule is CCCC(NC(=O)C1C(=O)C(CC)(CC)[C@@H]1Oc1ccc(C(=O)N2CCN(CCOC(=O)NC)CC2)cc1)c1ccc(C)cc1. The first-order valence-corrected chi connectivity index (χ1v) is 16.2. The van der Waals surface area contributed by atoms with Gasteiger partial charge in [-0.05, 0) is 56.0 Å². The number of nitrogens with one attached hydrogen (secondary N) is 2. The average Bonchev–Trinajstić information content (AvgIpc) is 3.05. The Morgan fingerprint density at radius 2 is 1.60 bits per heavy atom. The molecule has 2 aromatic rings. The molecule has 3 amide bonds. The van der Waals surface area contributed by atoms with Crippen molar-refractivity contribution in [1.29, 1.82) is 0 Å². The number of hydrogen-bond donors (Lipinski definition) is 2. The Balaban J connectivity index is 1.39. The molecule has 1 heterocycles. The Kier molecular flexibility index (Phi) is 11.6. The molecule has 0 aromatic heterocycles. The zero-order valence-electron chi connectivity index (χ0n) is 27.3. The van der Waals surface area contributed by atoms with Crippen LogP contribution < -0.4 is 15.4 Å². The summed E-state index contributed by atoms with van der Waals surface area (Å²) in [6.07, 6.45) is 1.77. The van der Waals surface area contributed by atoms with E-state index in [-0.39, 0.29) is 23.6 Å². The summed E-state index contributed by atoms with van der Waals surface area (Å²) in [5, 5.41) is 5.58. The first-order chi connectivity index (χ1) is 21.7. The fraction of sp³-hybridized carbons (Fsp3) is 0.543. The number of alkyl carbamates (subject to hydrolysis) is 1. The van der Waals surface area contributed by atoms with E-state index >= 15 is 0 Å². The maximum absolute atomic E-state index is 13.6. The van der Waals surface area contributed by atoms with Crippen molar-refractivity contribution in [2.24, 2.45) is 11.3 Å². The van der Waals surface area contributed by atoms with Crippen LogP contribution in [0.3, 0.4) is 0 Å². The molecule has 0 radical (unpaired) electrons. The van der Waals surface area contributed by atoms with Gasteiger partial charge in [-0.15, -0.1) is 0 Å². The van der Waals surface area contributed by atoms with Crippen LogP contribution in [0.4, 0.5) is 4.79 Å². The maximum atomic E-state index is 13.6. The number of hydrogen-bond acceptors (Lipinski definition) is 7. The van der Waals surface area contributed by atoms with Gasteiger partial charge in [-0.25, -0.2) is 4.79 Å². The Labute approximate surface area is 266 Å². The molecule has 0 spiro atoms. The van der Waals surface area contributed by atoms with Crippen molar-refractivity contribution >= 4 is 23.7 Å². The van der Waals surface area contributed by atoms with E-state index in [1.807, 2.05) is 49.9 Å². The molecule has 2 aromatic carbocycles. The van der Waals surface area contributed by atoms with Crippen LogP contribution in [0.25, 0.3) is 0 Å². The number of Topliss-reactive ketones (excluding diaryl/α,β-unsaturated/α-hetero) is 1. The number of carbonyl (C=O) groups excluding carboxylic acids is 4. The summed E-state index contributed by atoms with van der Waals surface area (Å²) in [6.45, 7) is 11.5. The van der Waals surface area contributed by atoms with Crippen LogP contribution in [0.1, 0.15) is 74.0 Å². The molecule has 10 heteroatoms. The van der Waals surface area contributed by atoms with E-state index in [9.17, 15) is 19.2 Å². The van der Waals surface area contributed by atoms with E-state index in [4.69, 9.17) is 9.47 Å². The van der Waals surface area contributed by atoms with Crippen LogP contribution in [-0.4, -0.2) is 86.0 Å². The fourth-order valence-corrected chi connectivity index (χ4v) is 6.44. The van der Waals surface area contributed by atoms with Gasteiger partial charge in [0.2, 0.25) is 5.91 Å². The molecule has 3 atom stereocenters. The number of carbonyl (C=O) groups is 4. The number of nitrogens with zero attached hydrogens (tertiary/aromatic N) is 2. The third-order valence-corrected chi connectivity index (χ3v) is 9.41. The van der Waals surface area contributed by atoms with Crippen LogP contribution >= 0.6 is 0 Å². The van der Waals surface area contributed by atoms with Crippen molar-refractivity contribution in [3.05, 3.63) is 65.2 Å². The largest absolute Gasteiger partial charge is 0.488 e. The minimum absolute atomic E-state index is 0.0616. The quantitative estimate of drug-likeness (QED) is 0.316. The van der Waals surface area contributed by atoms with E-state index in [2.05, 4.69) is 22.5 Å². The zero-order chi connectivity index (χ0) is 32.6. The molecule has 2 unspecified atom stereocenters. The minimum Gasteiger partial charge on any atom is -0.488 e. The van der Waals surface area contributed by atoms with Gasteiger partial charge in [-0.3, -0.25) is 19.3 Å². The number of aryl methyl sites for hydroxylation is 1. The highest BCUT2D eigenvalue weighted by molar-refractivity contribution is 6.10. The van der Waals surface area contributed by atoms with Crippen molar-refractivity contribution in [2.75, 3.05) is 46.4 Å². The van der Waals surface area contributed by atoms with Crippen LogP contribution in [0.5, 0.6) is 5.75 Å². The maximum Gasteiger partial charge on any atom is 0.406 e.